The summed E-state index contributed by atoms with van der Waals surface area (Å²) >= 11 is 4.79. The van der Waals surface area contributed by atoms with Gasteiger partial charge in [0.1, 0.15) is 11.3 Å². The largest absolute Gasteiger partial charge is 0.482 e. The standard InChI is InChI=1S/C12H9N3O2S/c18-12-15-14-10(17-12)7-16-9-5-1-3-8-4-2-6-13-11(8)9/h1-6H,7H2,(H,15,18). The highest BCUT2D eigenvalue weighted by Gasteiger charge is 2.05. The highest BCUT2D eigenvalue weighted by Crippen LogP contribution is 2.23. The molecule has 0 aliphatic carbocycles. The molecule has 2 aromatic heterocycles. The molecule has 2 heterocycles. The number of nitrogens with one attached hydrogen (secondary N) is 1. The maximum Gasteiger partial charge on any atom is 0.284 e. The molecule has 0 fully saturated rings. The molecule has 3 aromatic rings. The van der Waals surface area contributed by atoms with Crippen LogP contribution in [0.2, 0.25) is 0 Å². The number of rotatable bonds is 3. The molecule has 0 aliphatic heterocycles. The van der Waals surface area contributed by atoms with Gasteiger partial charge in [-0.2, -0.15) is 0 Å². The Morgan fingerprint density at radius 3 is 3.00 bits per heavy atom. The van der Waals surface area contributed by atoms with E-state index in [1.165, 1.54) is 0 Å². The average molecular weight is 259 g/mol. The first-order valence-electron chi connectivity index (χ1n) is 5.34. The zero-order chi connectivity index (χ0) is 12.4. The van der Waals surface area contributed by atoms with Crippen LogP contribution in [0.1, 0.15) is 5.89 Å². The number of para-hydroxylation sites is 1. The highest BCUT2D eigenvalue weighted by atomic mass is 32.1. The summed E-state index contributed by atoms with van der Waals surface area (Å²) in [6.45, 7) is 0.211. The number of hydrogen-bond acceptors (Lipinski definition) is 5. The Labute approximate surface area is 107 Å². The number of pyridine rings is 1. The van der Waals surface area contributed by atoms with E-state index in [-0.39, 0.29) is 11.4 Å². The maximum absolute atomic E-state index is 5.63. The molecule has 90 valence electrons. The third kappa shape index (κ3) is 2.10. The Morgan fingerprint density at radius 2 is 2.17 bits per heavy atom. The van der Waals surface area contributed by atoms with Gasteiger partial charge in [-0.1, -0.05) is 18.2 Å². The predicted molar refractivity (Wildman–Crippen MR) is 67.8 cm³/mol. The molecule has 0 aliphatic rings. The van der Waals surface area contributed by atoms with Gasteiger partial charge in [0, 0.05) is 11.6 Å². The van der Waals surface area contributed by atoms with Crippen LogP contribution in [0.25, 0.3) is 10.9 Å². The van der Waals surface area contributed by atoms with Crippen molar-refractivity contribution < 1.29 is 9.15 Å². The lowest BCUT2D eigenvalue weighted by atomic mass is 10.2. The van der Waals surface area contributed by atoms with Crippen LogP contribution >= 0.6 is 12.2 Å². The van der Waals surface area contributed by atoms with Crippen LogP contribution in [0.3, 0.4) is 0 Å². The predicted octanol–water partition coefficient (Wildman–Crippen LogP) is 2.86. The number of H-pyrrole nitrogens is 1. The van der Waals surface area contributed by atoms with Crippen molar-refractivity contribution in [2.75, 3.05) is 0 Å². The Morgan fingerprint density at radius 1 is 1.28 bits per heavy atom. The summed E-state index contributed by atoms with van der Waals surface area (Å²) in [7, 11) is 0. The van der Waals surface area contributed by atoms with Gasteiger partial charge in [0.2, 0.25) is 0 Å². The molecule has 0 radical (unpaired) electrons. The van der Waals surface area contributed by atoms with E-state index in [1.54, 1.807) is 6.20 Å². The van der Waals surface area contributed by atoms with Crippen LogP contribution in [-0.2, 0) is 6.61 Å². The summed E-state index contributed by atoms with van der Waals surface area (Å²) in [5.74, 6) is 1.10. The summed E-state index contributed by atoms with van der Waals surface area (Å²) in [5, 5.41) is 7.44. The zero-order valence-electron chi connectivity index (χ0n) is 9.29. The first-order chi connectivity index (χ1) is 8.83. The van der Waals surface area contributed by atoms with Crippen LogP contribution in [0, 0.1) is 4.84 Å². The van der Waals surface area contributed by atoms with Gasteiger partial charge in [-0.25, -0.2) is 5.10 Å². The van der Waals surface area contributed by atoms with Crippen molar-refractivity contribution in [3.8, 4) is 5.75 Å². The van der Waals surface area contributed by atoms with E-state index in [1.807, 2.05) is 30.3 Å². The molecule has 0 bridgehead atoms. The fraction of sp³-hybridized carbons (Fsp3) is 0.0833. The molecule has 0 amide bonds. The molecule has 5 nitrogen and oxygen atoms in total. The monoisotopic (exact) mass is 259 g/mol. The first kappa shape index (κ1) is 10.9. The second kappa shape index (κ2) is 4.58. The minimum atomic E-state index is 0.211. The molecule has 0 saturated carbocycles. The minimum Gasteiger partial charge on any atom is -0.482 e. The van der Waals surface area contributed by atoms with Gasteiger partial charge < -0.3 is 9.15 Å². The summed E-state index contributed by atoms with van der Waals surface area (Å²) < 4.78 is 10.8. The van der Waals surface area contributed by atoms with Crippen molar-refractivity contribution in [1.82, 2.24) is 15.2 Å². The van der Waals surface area contributed by atoms with Crippen molar-refractivity contribution in [1.29, 1.82) is 0 Å². The van der Waals surface area contributed by atoms with Gasteiger partial charge in [-0.3, -0.25) is 4.98 Å². The first-order valence-corrected chi connectivity index (χ1v) is 5.75. The molecule has 0 atom stereocenters. The van der Waals surface area contributed by atoms with Crippen molar-refractivity contribution in [2.24, 2.45) is 0 Å². The van der Waals surface area contributed by atoms with Crippen molar-refractivity contribution >= 4 is 23.1 Å². The lowest BCUT2D eigenvalue weighted by molar-refractivity contribution is 0.264. The lowest BCUT2D eigenvalue weighted by Crippen LogP contribution is -1.97. The number of aromatic amines is 1. The highest BCUT2D eigenvalue weighted by molar-refractivity contribution is 7.71. The summed E-state index contributed by atoms with van der Waals surface area (Å²) in [6, 6.07) is 9.62. The number of aromatic nitrogens is 3. The van der Waals surface area contributed by atoms with E-state index in [9.17, 15) is 0 Å². The SMILES string of the molecule is S=c1[nH]nc(COc2cccc3cccnc23)o1. The number of hydrogen-bond donors (Lipinski definition) is 1. The van der Waals surface area contributed by atoms with Crippen LogP contribution in [0.4, 0.5) is 0 Å². The smallest absolute Gasteiger partial charge is 0.284 e. The Bertz CT molecular complexity index is 730. The maximum atomic E-state index is 5.63. The molecule has 18 heavy (non-hydrogen) atoms. The summed E-state index contributed by atoms with van der Waals surface area (Å²) in [4.78, 5) is 4.53. The summed E-state index contributed by atoms with van der Waals surface area (Å²) in [5.41, 5.74) is 0.814. The zero-order valence-corrected chi connectivity index (χ0v) is 10.1. The molecule has 0 unspecified atom stereocenters. The quantitative estimate of drug-likeness (QED) is 0.733. The van der Waals surface area contributed by atoms with E-state index in [4.69, 9.17) is 21.4 Å². The third-order valence-electron chi connectivity index (χ3n) is 2.43. The number of benzene rings is 1. The third-order valence-corrected chi connectivity index (χ3v) is 2.60. The molecule has 0 saturated heterocycles. The van der Waals surface area contributed by atoms with Gasteiger partial charge >= 0.3 is 0 Å². The van der Waals surface area contributed by atoms with Crippen LogP contribution in [0.5, 0.6) is 5.75 Å². The molecule has 1 N–H and O–H groups in total. The van der Waals surface area contributed by atoms with E-state index < -0.39 is 0 Å². The van der Waals surface area contributed by atoms with Crippen LogP contribution < -0.4 is 4.74 Å². The van der Waals surface area contributed by atoms with E-state index >= 15 is 0 Å². The minimum absolute atomic E-state index is 0.211. The average Bonchev–Trinajstić information content (AvgIpc) is 2.82. The molecule has 0 spiro atoms. The molecule has 1 aromatic carbocycles. The van der Waals surface area contributed by atoms with Gasteiger partial charge in [0.15, 0.2) is 6.61 Å². The second-order valence-electron chi connectivity index (χ2n) is 3.63. The molecule has 3 rings (SSSR count). The number of fused-ring (bicyclic) bond motifs is 1. The fourth-order valence-electron chi connectivity index (χ4n) is 1.65. The van der Waals surface area contributed by atoms with Crippen molar-refractivity contribution in [3.63, 3.8) is 0 Å². The molecule has 6 heteroatoms. The lowest BCUT2D eigenvalue weighted by Gasteiger charge is -2.05. The topological polar surface area (TPSA) is 63.9 Å². The molecular formula is C12H9N3O2S. The summed E-state index contributed by atoms with van der Waals surface area (Å²) in [6.07, 6.45) is 1.73. The number of nitrogens with zero attached hydrogens (tertiary/aromatic N) is 2. The van der Waals surface area contributed by atoms with E-state index in [0.29, 0.717) is 11.6 Å². The second-order valence-corrected chi connectivity index (χ2v) is 4.00. The Balaban J connectivity index is 1.88. The van der Waals surface area contributed by atoms with Crippen LogP contribution in [-0.4, -0.2) is 15.2 Å². The van der Waals surface area contributed by atoms with E-state index in [0.717, 1.165) is 10.9 Å². The Hall–Kier alpha value is -2.21. The van der Waals surface area contributed by atoms with E-state index in [2.05, 4.69) is 15.2 Å². The molecular weight excluding hydrogens is 250 g/mol. The number of ether oxygens (including phenoxy) is 1. The fourth-order valence-corrected chi connectivity index (χ4v) is 1.80. The normalized spacial score (nSPS) is 10.7. The van der Waals surface area contributed by atoms with Crippen LogP contribution in [0.15, 0.2) is 40.9 Å². The van der Waals surface area contributed by atoms with Gasteiger partial charge in [-0.05, 0) is 24.4 Å². The van der Waals surface area contributed by atoms with Gasteiger partial charge in [0.25, 0.3) is 10.7 Å². The van der Waals surface area contributed by atoms with Gasteiger partial charge in [-0.15, -0.1) is 5.10 Å². The van der Waals surface area contributed by atoms with Crippen molar-refractivity contribution in [2.45, 2.75) is 6.61 Å². The Kier molecular flexibility index (Phi) is 2.77. The van der Waals surface area contributed by atoms with Crippen molar-refractivity contribution in [3.05, 3.63) is 47.3 Å². The van der Waals surface area contributed by atoms with Gasteiger partial charge in [0.05, 0.1) is 0 Å².